The summed E-state index contributed by atoms with van der Waals surface area (Å²) in [4.78, 5) is 47.1. The number of nitrogens with one attached hydrogen (secondary N) is 1. The van der Waals surface area contributed by atoms with Gasteiger partial charge < -0.3 is 25.0 Å². The lowest BCUT2D eigenvalue weighted by molar-refractivity contribution is 0.0590. The first kappa shape index (κ1) is 23.3. The van der Waals surface area contributed by atoms with E-state index in [0.29, 0.717) is 43.6 Å². The molecule has 2 N–H and O–H groups in total. The molecular formula is C21H30N6O5. The number of carbonyl (C=O) groups excluding carboxylic acids is 2. The first-order valence-electron chi connectivity index (χ1n) is 10.6. The maximum Gasteiger partial charge on any atom is 0.360 e. The minimum Gasteiger partial charge on any atom is -0.501 e. The van der Waals surface area contributed by atoms with Crippen LogP contribution in [0.25, 0.3) is 5.65 Å². The van der Waals surface area contributed by atoms with Crippen LogP contribution >= 0.6 is 0 Å². The van der Waals surface area contributed by atoms with Gasteiger partial charge in [-0.25, -0.2) is 14.6 Å². The number of amides is 2. The van der Waals surface area contributed by atoms with Crippen LogP contribution in [0.5, 0.6) is 5.75 Å². The zero-order chi connectivity index (χ0) is 23.6. The van der Waals surface area contributed by atoms with Crippen molar-refractivity contribution in [1.82, 2.24) is 19.6 Å². The van der Waals surface area contributed by atoms with Crippen LogP contribution in [0.4, 0.5) is 16.2 Å². The number of rotatable bonds is 8. The summed E-state index contributed by atoms with van der Waals surface area (Å²) in [6.07, 6.45) is 1.57. The number of ether oxygens (including phenoxy) is 1. The van der Waals surface area contributed by atoms with Gasteiger partial charge >= 0.3 is 17.6 Å². The molecule has 0 radical (unpaired) electrons. The Morgan fingerprint density at radius 2 is 2.06 bits per heavy atom. The van der Waals surface area contributed by atoms with Gasteiger partial charge in [0.25, 0.3) is 0 Å². The van der Waals surface area contributed by atoms with E-state index in [2.05, 4.69) is 33.8 Å². The summed E-state index contributed by atoms with van der Waals surface area (Å²) in [6.45, 7) is 9.09. The van der Waals surface area contributed by atoms with E-state index in [9.17, 15) is 19.5 Å². The highest BCUT2D eigenvalue weighted by Crippen LogP contribution is 2.30. The molecule has 11 heteroatoms. The summed E-state index contributed by atoms with van der Waals surface area (Å²) in [6, 6.07) is 1.88. The molecule has 3 rings (SSSR count). The summed E-state index contributed by atoms with van der Waals surface area (Å²) in [5.41, 5.74) is -0.127. The highest BCUT2D eigenvalue weighted by molar-refractivity contribution is 5.99. The second kappa shape index (κ2) is 9.43. The Hall–Kier alpha value is -3.34. The molecule has 0 aliphatic carbocycles. The van der Waals surface area contributed by atoms with E-state index in [-0.39, 0.29) is 11.7 Å². The summed E-state index contributed by atoms with van der Waals surface area (Å²) < 4.78 is 5.83. The van der Waals surface area contributed by atoms with Crippen molar-refractivity contribution in [3.8, 4) is 5.75 Å². The Morgan fingerprint density at radius 1 is 1.34 bits per heavy atom. The van der Waals surface area contributed by atoms with Gasteiger partial charge in [-0.15, -0.1) is 0 Å². The van der Waals surface area contributed by atoms with Crippen molar-refractivity contribution >= 4 is 29.0 Å². The predicted molar refractivity (Wildman–Crippen MR) is 121 cm³/mol. The van der Waals surface area contributed by atoms with Gasteiger partial charge in [0.2, 0.25) is 5.75 Å². The molecule has 0 aromatic carbocycles. The van der Waals surface area contributed by atoms with Crippen molar-refractivity contribution in [3.63, 3.8) is 0 Å². The van der Waals surface area contributed by atoms with Crippen molar-refractivity contribution < 1.29 is 19.4 Å². The zero-order valence-corrected chi connectivity index (χ0v) is 19.1. The fraction of sp³-hybridized carbons (Fsp3) is 0.524. The fourth-order valence-electron chi connectivity index (χ4n) is 3.64. The highest BCUT2D eigenvalue weighted by Gasteiger charge is 2.31. The number of fused-ring (bicyclic) bond motifs is 1. The maximum atomic E-state index is 13.0. The molecule has 0 atom stereocenters. The predicted octanol–water partition coefficient (Wildman–Crippen LogP) is 0.883. The Kier molecular flexibility index (Phi) is 6.87. The Morgan fingerprint density at radius 3 is 2.62 bits per heavy atom. The largest absolute Gasteiger partial charge is 0.501 e. The van der Waals surface area contributed by atoms with Crippen LogP contribution in [0.15, 0.2) is 17.1 Å². The third-order valence-corrected chi connectivity index (χ3v) is 5.43. The van der Waals surface area contributed by atoms with Crippen LogP contribution in [0.2, 0.25) is 0 Å². The molecule has 1 aliphatic rings. The summed E-state index contributed by atoms with van der Waals surface area (Å²) in [7, 11) is 2.83. The van der Waals surface area contributed by atoms with Crippen molar-refractivity contribution in [1.29, 1.82) is 0 Å². The molecule has 32 heavy (non-hydrogen) atoms. The number of hydrogen-bond acceptors (Lipinski definition) is 8. The van der Waals surface area contributed by atoms with Gasteiger partial charge in [-0.05, 0) is 13.0 Å². The Labute approximate surface area is 186 Å². The normalized spacial score (nSPS) is 14.0. The lowest BCUT2D eigenvalue weighted by Gasteiger charge is -2.27. The molecule has 174 valence electrons. The van der Waals surface area contributed by atoms with Gasteiger partial charge in [0, 0.05) is 52.0 Å². The summed E-state index contributed by atoms with van der Waals surface area (Å²) in [5.74, 6) is -1.73. The summed E-state index contributed by atoms with van der Waals surface area (Å²) in [5, 5.41) is 13.7. The van der Waals surface area contributed by atoms with E-state index in [0.717, 1.165) is 13.7 Å². The van der Waals surface area contributed by atoms with E-state index in [1.54, 1.807) is 24.2 Å². The van der Waals surface area contributed by atoms with Crippen molar-refractivity contribution in [2.24, 2.45) is 0 Å². The first-order valence-corrected chi connectivity index (χ1v) is 10.6. The molecule has 1 aliphatic heterocycles. The monoisotopic (exact) mass is 446 g/mol. The number of aromatic nitrogens is 2. The van der Waals surface area contributed by atoms with Crippen LogP contribution in [0.3, 0.4) is 0 Å². The second-order valence-electron chi connectivity index (χ2n) is 7.93. The van der Waals surface area contributed by atoms with E-state index in [1.807, 2.05) is 6.92 Å². The van der Waals surface area contributed by atoms with Gasteiger partial charge in [-0.3, -0.25) is 14.1 Å². The number of nitrogens with zero attached hydrogens (tertiary/aromatic N) is 5. The van der Waals surface area contributed by atoms with Crippen LogP contribution in [-0.4, -0.2) is 84.3 Å². The number of aromatic hydroxyl groups is 1. The lowest BCUT2D eigenvalue weighted by Crippen LogP contribution is -2.36. The average molecular weight is 447 g/mol. The molecule has 0 bridgehead atoms. The molecular weight excluding hydrogens is 416 g/mol. The van der Waals surface area contributed by atoms with Crippen molar-refractivity contribution in [2.75, 3.05) is 56.7 Å². The Balaban J connectivity index is 2.21. The van der Waals surface area contributed by atoms with Crippen LogP contribution in [0, 0.1) is 0 Å². The number of esters is 1. The van der Waals surface area contributed by atoms with Crippen molar-refractivity contribution in [3.05, 3.63) is 28.3 Å². The molecule has 0 unspecified atom stereocenters. The van der Waals surface area contributed by atoms with Gasteiger partial charge in [-0.1, -0.05) is 13.8 Å². The molecule has 0 spiro atoms. The molecule has 2 aromatic rings. The number of likely N-dealkylation sites (N-methyl/N-ethyl adjacent to an activating group) is 2. The minimum absolute atomic E-state index is 0.0944. The highest BCUT2D eigenvalue weighted by atomic mass is 16.5. The fourth-order valence-corrected chi connectivity index (χ4v) is 3.64. The zero-order valence-electron chi connectivity index (χ0n) is 19.1. The third kappa shape index (κ3) is 4.33. The molecule has 1 fully saturated rings. The smallest absolute Gasteiger partial charge is 0.360 e. The van der Waals surface area contributed by atoms with Gasteiger partial charge in [-0.2, -0.15) is 0 Å². The molecule has 1 saturated heterocycles. The topological polar surface area (TPSA) is 120 Å². The SMILES string of the molecule is CCN(CCNC(C)C)c1cc(N2CCN(C)C2=O)c2nc(C(=O)OC)c(O)c(=O)n2c1. The standard InChI is InChI=1S/C21H30N6O5/c1-6-25(8-7-22-13(2)3)14-11-15(26-10-9-24(4)21(26)31)18-23-16(20(30)32-5)17(28)19(29)27(18)12-14/h11-13,22,28H,6-10H2,1-5H3. The van der Waals surface area contributed by atoms with Crippen LogP contribution in [-0.2, 0) is 4.74 Å². The van der Waals surface area contributed by atoms with Gasteiger partial charge in [0.05, 0.1) is 18.5 Å². The molecule has 0 saturated carbocycles. The summed E-state index contributed by atoms with van der Waals surface area (Å²) >= 11 is 0. The van der Waals surface area contributed by atoms with Crippen molar-refractivity contribution in [2.45, 2.75) is 26.8 Å². The van der Waals surface area contributed by atoms with E-state index >= 15 is 0 Å². The number of urea groups is 1. The molecule has 2 aromatic heterocycles. The number of methoxy groups -OCH3 is 1. The number of anilines is 2. The lowest BCUT2D eigenvalue weighted by atomic mass is 10.2. The van der Waals surface area contributed by atoms with Crippen LogP contribution < -0.4 is 20.7 Å². The molecule has 3 heterocycles. The molecule has 2 amide bonds. The molecule has 11 nitrogen and oxygen atoms in total. The number of hydrogen-bond donors (Lipinski definition) is 2. The average Bonchev–Trinajstić information content (AvgIpc) is 3.10. The van der Waals surface area contributed by atoms with Crippen LogP contribution in [0.1, 0.15) is 31.3 Å². The quantitative estimate of drug-likeness (QED) is 0.574. The maximum absolute atomic E-state index is 13.0. The minimum atomic E-state index is -0.933. The third-order valence-electron chi connectivity index (χ3n) is 5.43. The van der Waals surface area contributed by atoms with E-state index in [1.165, 1.54) is 9.30 Å². The second-order valence-corrected chi connectivity index (χ2v) is 7.93. The Bertz CT molecular complexity index is 1080. The van der Waals surface area contributed by atoms with E-state index < -0.39 is 23.0 Å². The van der Waals surface area contributed by atoms with Gasteiger partial charge in [0.15, 0.2) is 11.3 Å². The van der Waals surface area contributed by atoms with E-state index in [4.69, 9.17) is 0 Å². The number of carbonyl (C=O) groups is 2. The first-order chi connectivity index (χ1) is 15.2. The number of pyridine rings is 1. The van der Waals surface area contributed by atoms with Gasteiger partial charge in [0.1, 0.15) is 0 Å².